The molecule has 2 amide bonds. The number of amides is 2. The summed E-state index contributed by atoms with van der Waals surface area (Å²) < 4.78 is 5.31. The highest BCUT2D eigenvalue weighted by Gasteiger charge is 2.31. The average molecular weight is 371 g/mol. The predicted molar refractivity (Wildman–Crippen MR) is 93.1 cm³/mol. The van der Waals surface area contributed by atoms with Gasteiger partial charge in [-0.05, 0) is 0 Å². The van der Waals surface area contributed by atoms with E-state index >= 15 is 0 Å². The molecule has 9 heteroatoms. The molecule has 0 aliphatic carbocycles. The van der Waals surface area contributed by atoms with Crippen LogP contribution in [0.4, 0.5) is 0 Å². The van der Waals surface area contributed by atoms with E-state index in [1.54, 1.807) is 6.92 Å². The van der Waals surface area contributed by atoms with Crippen molar-refractivity contribution in [2.24, 2.45) is 11.7 Å². The molecule has 0 spiro atoms. The molecular weight excluding hydrogens is 343 g/mol. The molecule has 0 radical (unpaired) electrons. The Bertz CT molecular complexity index is 381. The minimum Gasteiger partial charge on any atom is -0.379 e. The van der Waals surface area contributed by atoms with Crippen LogP contribution in [-0.4, -0.2) is 80.1 Å². The molecule has 2 aliphatic rings. The molecule has 0 aromatic rings. The lowest BCUT2D eigenvalue weighted by atomic mass is 10.1. The second-order valence-electron chi connectivity index (χ2n) is 5.84. The molecule has 2 atom stereocenters. The van der Waals surface area contributed by atoms with E-state index in [0.717, 1.165) is 39.4 Å². The van der Waals surface area contributed by atoms with E-state index < -0.39 is 0 Å². The lowest BCUT2D eigenvalue weighted by Crippen LogP contribution is -2.44. The Kier molecular flexibility index (Phi) is 10.8. The second-order valence-corrected chi connectivity index (χ2v) is 5.84. The monoisotopic (exact) mass is 370 g/mol. The predicted octanol–water partition coefficient (Wildman–Crippen LogP) is -0.526. The van der Waals surface area contributed by atoms with Crippen LogP contribution < -0.4 is 11.1 Å². The zero-order valence-electron chi connectivity index (χ0n) is 13.5. The quantitative estimate of drug-likeness (QED) is 0.656. The van der Waals surface area contributed by atoms with Crippen molar-refractivity contribution in [1.29, 1.82) is 0 Å². The zero-order valence-corrected chi connectivity index (χ0v) is 15.2. The Balaban J connectivity index is 0.00000242. The summed E-state index contributed by atoms with van der Waals surface area (Å²) in [6.45, 7) is 7.70. The number of hydrogen-bond acceptors (Lipinski definition) is 5. The van der Waals surface area contributed by atoms with Gasteiger partial charge in [-0.2, -0.15) is 0 Å². The fourth-order valence-electron chi connectivity index (χ4n) is 2.62. The molecule has 2 heterocycles. The molecule has 7 nitrogen and oxygen atoms in total. The lowest BCUT2D eigenvalue weighted by Gasteiger charge is -2.28. The Morgan fingerprint density at radius 3 is 2.61 bits per heavy atom. The molecule has 0 aromatic heterocycles. The van der Waals surface area contributed by atoms with Gasteiger partial charge in [0.15, 0.2) is 0 Å². The van der Waals surface area contributed by atoms with Crippen LogP contribution in [-0.2, 0) is 14.3 Å². The van der Waals surface area contributed by atoms with Crippen LogP contribution in [0.5, 0.6) is 0 Å². The molecule has 2 rings (SSSR count). The Morgan fingerprint density at radius 2 is 2.00 bits per heavy atom. The number of carbonyl (C=O) groups is 2. The lowest BCUT2D eigenvalue weighted by molar-refractivity contribution is -0.128. The van der Waals surface area contributed by atoms with Gasteiger partial charge in [0.25, 0.3) is 0 Å². The summed E-state index contributed by atoms with van der Waals surface area (Å²) in [5, 5.41) is 2.91. The van der Waals surface area contributed by atoms with Gasteiger partial charge in [-0.1, -0.05) is 6.92 Å². The Hall–Kier alpha value is -0.600. The van der Waals surface area contributed by atoms with Gasteiger partial charge >= 0.3 is 0 Å². The Labute approximate surface area is 150 Å². The smallest absolute Gasteiger partial charge is 0.224 e. The topological polar surface area (TPSA) is 87.9 Å². The first kappa shape index (κ1) is 22.4. The van der Waals surface area contributed by atoms with Crippen molar-refractivity contribution in [1.82, 2.24) is 15.1 Å². The summed E-state index contributed by atoms with van der Waals surface area (Å²) in [6, 6.07) is -0.0799. The highest BCUT2D eigenvalue weighted by Crippen LogP contribution is 2.12. The van der Waals surface area contributed by atoms with Gasteiger partial charge in [0.2, 0.25) is 11.8 Å². The van der Waals surface area contributed by atoms with E-state index in [4.69, 9.17) is 10.5 Å². The van der Waals surface area contributed by atoms with E-state index in [1.165, 1.54) is 0 Å². The van der Waals surface area contributed by atoms with Crippen molar-refractivity contribution in [2.75, 3.05) is 52.5 Å². The highest BCUT2D eigenvalue weighted by atomic mass is 35.5. The zero-order chi connectivity index (χ0) is 15.2. The van der Waals surface area contributed by atoms with Crippen molar-refractivity contribution in [3.05, 3.63) is 0 Å². The number of ether oxygens (including phenoxy) is 1. The third-order valence-corrected chi connectivity index (χ3v) is 4.15. The van der Waals surface area contributed by atoms with Crippen LogP contribution in [0.25, 0.3) is 0 Å². The molecule has 23 heavy (non-hydrogen) atoms. The summed E-state index contributed by atoms with van der Waals surface area (Å²) in [5.74, 6) is -0.151. The summed E-state index contributed by atoms with van der Waals surface area (Å²) in [7, 11) is 0. The SMILES string of the molecule is CC(CN)C(=O)NC1CC(=O)N(CCN2CCOCC2)C1.Cl.Cl. The van der Waals surface area contributed by atoms with Gasteiger partial charge in [-0.3, -0.25) is 14.5 Å². The van der Waals surface area contributed by atoms with Gasteiger partial charge in [0.1, 0.15) is 0 Å². The van der Waals surface area contributed by atoms with Crippen molar-refractivity contribution in [3.8, 4) is 0 Å². The second kappa shape index (κ2) is 11.0. The summed E-state index contributed by atoms with van der Waals surface area (Å²) in [6.07, 6.45) is 0.395. The van der Waals surface area contributed by atoms with Crippen LogP contribution in [0.1, 0.15) is 13.3 Å². The molecule has 3 N–H and O–H groups in total. The van der Waals surface area contributed by atoms with E-state index in [1.807, 2.05) is 4.90 Å². The molecule has 136 valence electrons. The maximum Gasteiger partial charge on any atom is 0.224 e. The summed E-state index contributed by atoms with van der Waals surface area (Å²) in [4.78, 5) is 27.9. The van der Waals surface area contributed by atoms with Gasteiger partial charge in [0.05, 0.1) is 19.3 Å². The molecule has 0 saturated carbocycles. The van der Waals surface area contributed by atoms with Gasteiger partial charge in [-0.25, -0.2) is 0 Å². The van der Waals surface area contributed by atoms with Crippen molar-refractivity contribution in [2.45, 2.75) is 19.4 Å². The third-order valence-electron chi connectivity index (χ3n) is 4.15. The summed E-state index contributed by atoms with van der Waals surface area (Å²) in [5.41, 5.74) is 5.48. The largest absolute Gasteiger partial charge is 0.379 e. The summed E-state index contributed by atoms with van der Waals surface area (Å²) >= 11 is 0. The number of likely N-dealkylation sites (tertiary alicyclic amines) is 1. The number of nitrogens with one attached hydrogen (secondary N) is 1. The molecule has 0 bridgehead atoms. The van der Waals surface area contributed by atoms with Crippen molar-refractivity contribution in [3.63, 3.8) is 0 Å². The first-order valence-corrected chi connectivity index (χ1v) is 7.68. The van der Waals surface area contributed by atoms with E-state index in [2.05, 4.69) is 10.2 Å². The van der Waals surface area contributed by atoms with Crippen LogP contribution in [0, 0.1) is 5.92 Å². The number of halogens is 2. The standard InChI is InChI=1S/C14H26N4O3.2ClH/c1-11(9-15)14(20)16-12-8-13(19)18(10-12)3-2-17-4-6-21-7-5-17;;/h11-12H,2-10,15H2,1H3,(H,16,20);2*1H. The number of carbonyl (C=O) groups excluding carboxylic acids is 2. The maximum absolute atomic E-state index is 12.0. The van der Waals surface area contributed by atoms with Crippen LogP contribution in [0.15, 0.2) is 0 Å². The fraction of sp³-hybridized carbons (Fsp3) is 0.857. The number of morpholine rings is 1. The van der Waals surface area contributed by atoms with E-state index in [0.29, 0.717) is 19.5 Å². The number of hydrogen-bond donors (Lipinski definition) is 2. The third kappa shape index (κ3) is 6.81. The molecule has 2 unspecified atom stereocenters. The van der Waals surface area contributed by atoms with Crippen LogP contribution in [0.2, 0.25) is 0 Å². The highest BCUT2D eigenvalue weighted by molar-refractivity contribution is 5.85. The number of nitrogens with zero attached hydrogens (tertiary/aromatic N) is 2. The van der Waals surface area contributed by atoms with E-state index in [-0.39, 0.29) is 48.6 Å². The minimum atomic E-state index is -0.206. The fourth-order valence-corrected chi connectivity index (χ4v) is 2.62. The van der Waals surface area contributed by atoms with Crippen molar-refractivity contribution >= 4 is 36.6 Å². The molecular formula is C14H28Cl2N4O3. The molecule has 0 aromatic carbocycles. The van der Waals surface area contributed by atoms with E-state index in [9.17, 15) is 9.59 Å². The maximum atomic E-state index is 12.0. The molecule has 2 aliphatic heterocycles. The number of nitrogens with two attached hydrogens (primary N) is 1. The molecule has 2 saturated heterocycles. The Morgan fingerprint density at radius 1 is 1.35 bits per heavy atom. The van der Waals surface area contributed by atoms with Gasteiger partial charge in [0, 0.05) is 51.6 Å². The molecule has 2 fully saturated rings. The van der Waals surface area contributed by atoms with Gasteiger partial charge in [-0.15, -0.1) is 24.8 Å². The van der Waals surface area contributed by atoms with Crippen LogP contribution >= 0.6 is 24.8 Å². The first-order chi connectivity index (χ1) is 10.1. The normalized spacial score (nSPS) is 23.0. The number of rotatable bonds is 6. The first-order valence-electron chi connectivity index (χ1n) is 7.68. The van der Waals surface area contributed by atoms with Gasteiger partial charge < -0.3 is 20.7 Å². The van der Waals surface area contributed by atoms with Crippen molar-refractivity contribution < 1.29 is 14.3 Å². The average Bonchev–Trinajstić information content (AvgIpc) is 2.85. The minimum absolute atomic E-state index is 0. The van der Waals surface area contributed by atoms with Crippen LogP contribution in [0.3, 0.4) is 0 Å².